The van der Waals surface area contributed by atoms with Gasteiger partial charge in [0.15, 0.2) is 0 Å². The van der Waals surface area contributed by atoms with Crippen LogP contribution in [0.1, 0.15) is 0 Å². The van der Waals surface area contributed by atoms with E-state index in [4.69, 9.17) is 126 Å². The molecule has 0 heterocycles. The van der Waals surface area contributed by atoms with Gasteiger partial charge in [-0.1, -0.05) is 0 Å². The summed E-state index contributed by atoms with van der Waals surface area (Å²) in [6.45, 7) is 0. The molecule has 0 saturated heterocycles. The van der Waals surface area contributed by atoms with Gasteiger partial charge < -0.3 is 0 Å². The van der Waals surface area contributed by atoms with Gasteiger partial charge >= 0.3 is 347 Å². The predicted octanol–water partition coefficient (Wildman–Crippen LogP) is 0.385. The van der Waals surface area contributed by atoms with Crippen molar-refractivity contribution < 1.29 is 101 Å². The Morgan fingerprint density at radius 3 is 0.164 bits per heavy atom. The molecule has 0 aliphatic rings. The maximum atomic E-state index is 8.58. The summed E-state index contributed by atoms with van der Waals surface area (Å²) in [7, 11) is -24.1. The second-order valence-electron chi connectivity index (χ2n) is 6.79. The van der Waals surface area contributed by atoms with Gasteiger partial charge in [-0.2, -0.15) is 0 Å². The van der Waals surface area contributed by atoms with Crippen LogP contribution in [0.4, 0.5) is 0 Å². The zero-order valence-corrected chi connectivity index (χ0v) is 34.5. The van der Waals surface area contributed by atoms with E-state index >= 15 is 0 Å². The van der Waals surface area contributed by atoms with Crippen molar-refractivity contribution in [1.29, 1.82) is 126 Å². The quantitative estimate of drug-likeness (QED) is 0.296. The minimum atomic E-state index is -6.03. The van der Waals surface area contributed by atoms with Crippen LogP contribution in [0, 0.1) is 246 Å². The second kappa shape index (κ2) is 15.9. The summed E-state index contributed by atoms with van der Waals surface area (Å²) in [4.78, 5) is 0. The summed E-state index contributed by atoms with van der Waals surface area (Å²) in [6, 6.07) is 0. The normalized spacial score (nSPS) is 12.7. The third-order valence-corrected chi connectivity index (χ3v) is 18.4. The first-order chi connectivity index (χ1) is 23.9. The smallest absolute Gasteiger partial charge is 4.00 e. The fourth-order valence-corrected chi connectivity index (χ4v) is 4.12. The van der Waals surface area contributed by atoms with E-state index < -0.39 is 42.1 Å². The number of nitriles is 24. The fraction of sp³-hybridized carbons (Fsp3) is 0. The monoisotopic (exact) mass is 1170 g/mol. The molecule has 0 aliphatic heterocycles. The van der Waals surface area contributed by atoms with Crippen LogP contribution in [0.25, 0.3) is 0 Å². The van der Waals surface area contributed by atoms with Crippen molar-refractivity contribution in [3.63, 3.8) is 0 Å². The van der Waals surface area contributed by atoms with Gasteiger partial charge in [0.1, 0.15) is 0 Å². The molecule has 0 aliphatic carbocycles. The zero-order chi connectivity index (χ0) is 42.6. The van der Waals surface area contributed by atoms with Crippen LogP contribution in [0.2, 0.25) is 0 Å². The van der Waals surface area contributed by atoms with Crippen molar-refractivity contribution in [2.24, 2.45) is 0 Å². The molecule has 0 rings (SSSR count). The van der Waals surface area contributed by atoms with Crippen molar-refractivity contribution in [2.75, 3.05) is 0 Å². The van der Waals surface area contributed by atoms with Crippen LogP contribution in [-0.2, 0) is 101 Å². The first-order valence-electron chi connectivity index (χ1n) is 9.37. The van der Waals surface area contributed by atoms with E-state index in [0.717, 1.165) is 120 Å². The van der Waals surface area contributed by atoms with Crippen LogP contribution in [0.5, 0.6) is 0 Å². The molecule has 0 radical (unpaired) electrons. The largest absolute Gasteiger partial charge is 4.00 e. The van der Waals surface area contributed by atoms with Crippen molar-refractivity contribution in [1.82, 2.24) is 0 Å². The van der Waals surface area contributed by atoms with E-state index in [1.807, 2.05) is 0 Å². The van der Waals surface area contributed by atoms with Gasteiger partial charge in [-0.3, -0.25) is 0 Å². The Hall–Kier alpha value is -8.34. The summed E-state index contributed by atoms with van der Waals surface area (Å²) in [5, 5.41) is 230. The Kier molecular flexibility index (Phi) is 17.9. The van der Waals surface area contributed by atoms with Gasteiger partial charge in [0.25, 0.3) is 0 Å². The van der Waals surface area contributed by atoms with Crippen molar-refractivity contribution in [2.45, 2.75) is 0 Å². The standard InChI is InChI=1S/24CN.4Co.3Ru/c24*1-2;;;;;;;/q;;;;;;;;;;;;;;;;;;;;;;;;4*-3;3*+4. The topological polar surface area (TPSA) is 571 Å². The van der Waals surface area contributed by atoms with Crippen molar-refractivity contribution in [3.05, 3.63) is 0 Å². The van der Waals surface area contributed by atoms with Gasteiger partial charge in [0, 0.05) is 0 Å². The average Bonchev–Trinajstić information content (AvgIpc) is 3.27. The SMILES string of the molecule is N#[C][Co-3]([C]#N)([C]#N)([C]#N)([C]#N)[C]#N.N#[C][Co-3]([C]#N)([C]#N)([C]#N)([C]#N)[C]#N.N#[C][Co-3]([C]#N)([C]#N)([C]#N)([C]#N)[C]#N.N#[C][Co-3]([C]#N)([C]#N)([C]#N)([C]#N)[C]#N.[Ru+4].[Ru+4].[Ru+4]. The second-order valence-corrected chi connectivity index (χ2v) is 28.0. The molecule has 0 saturated carbocycles. The van der Waals surface area contributed by atoms with Crippen LogP contribution in [-0.4, -0.2) is 0 Å². The van der Waals surface area contributed by atoms with Crippen LogP contribution in [0.15, 0.2) is 0 Å². The molecule has 31 heteroatoms. The zero-order valence-electron chi connectivity index (χ0n) is 25.1. The molecule has 0 aromatic rings. The Bertz CT molecular complexity index is 1970. The van der Waals surface area contributed by atoms with E-state index in [9.17, 15) is 0 Å². The maximum Gasteiger partial charge on any atom is 4.00 e. The molecule has 0 N–H and O–H groups in total. The molecule has 276 valence electrons. The van der Waals surface area contributed by atoms with Crippen LogP contribution < -0.4 is 0 Å². The predicted molar refractivity (Wildman–Crippen MR) is 135 cm³/mol. The molecule has 0 spiro atoms. The summed E-state index contributed by atoms with van der Waals surface area (Å²) >= 11 is 0. The summed E-state index contributed by atoms with van der Waals surface area (Å²) < 4.78 is 0. The fourth-order valence-electron chi connectivity index (χ4n) is 1.000. The summed E-state index contributed by atoms with van der Waals surface area (Å²) in [6.07, 6.45) is 0. The van der Waals surface area contributed by atoms with E-state index in [0.29, 0.717) is 0 Å². The minimum absolute atomic E-state index is 0. The number of hydrogen-bond acceptors (Lipinski definition) is 24. The molecule has 0 amide bonds. The minimum Gasteiger partial charge on any atom is 4.00 e. The van der Waals surface area contributed by atoms with Crippen LogP contribution >= 0.6 is 0 Å². The summed E-state index contributed by atoms with van der Waals surface area (Å²) in [5.74, 6) is 0. The van der Waals surface area contributed by atoms with Gasteiger partial charge in [-0.05, 0) is 0 Å². The molecule has 0 fully saturated rings. The van der Waals surface area contributed by atoms with Gasteiger partial charge in [-0.15, -0.1) is 0 Å². The maximum absolute atomic E-state index is 8.58. The summed E-state index contributed by atoms with van der Waals surface area (Å²) in [5.41, 5.74) is 0. The Labute approximate surface area is 343 Å². The van der Waals surface area contributed by atoms with E-state index in [2.05, 4.69) is 0 Å². The van der Waals surface area contributed by atoms with Crippen LogP contribution in [0.3, 0.4) is 0 Å². The van der Waals surface area contributed by atoms with Crippen molar-refractivity contribution >= 4 is 0 Å². The van der Waals surface area contributed by atoms with E-state index in [-0.39, 0.29) is 58.4 Å². The molecule has 55 heavy (non-hydrogen) atoms. The first-order valence-corrected chi connectivity index (χ1v) is 21.9. The molecule has 0 aromatic carbocycles. The van der Waals surface area contributed by atoms with Gasteiger partial charge in [0.05, 0.1) is 0 Å². The third kappa shape index (κ3) is 6.98. The van der Waals surface area contributed by atoms with Gasteiger partial charge in [-0.25, -0.2) is 0 Å². The molecular formula is C24Co4N24Ru3. The van der Waals surface area contributed by atoms with E-state index in [1.165, 1.54) is 0 Å². The Balaban J connectivity index is -0.000000110. The number of rotatable bonds is 0. The first kappa shape index (κ1) is 61.8. The molecule has 24 nitrogen and oxygen atoms in total. The third-order valence-electron chi connectivity index (χ3n) is 4.47. The van der Waals surface area contributed by atoms with Crippen molar-refractivity contribution in [3.8, 4) is 120 Å². The molecule has 0 atom stereocenters. The Morgan fingerprint density at radius 1 is 0.127 bits per heavy atom. The van der Waals surface area contributed by atoms with Gasteiger partial charge in [0.2, 0.25) is 0 Å². The molecule has 0 unspecified atom stereocenters. The Morgan fingerprint density at radius 2 is 0.164 bits per heavy atom. The van der Waals surface area contributed by atoms with E-state index in [1.54, 1.807) is 0 Å². The molecule has 0 bridgehead atoms. The average molecular weight is 1160 g/mol. The molecule has 0 aromatic heterocycles. The number of nitrogens with zero attached hydrogens (tertiary/aromatic N) is 24. The molecular weight excluding hydrogens is 1160 g/mol. The number of hydrogen-bond donors (Lipinski definition) is 0.